The molecule has 0 rings (SSSR count). The van der Waals surface area contributed by atoms with Gasteiger partial charge in [0.2, 0.25) is 17.7 Å². The van der Waals surface area contributed by atoms with Crippen LogP contribution in [0.3, 0.4) is 0 Å². The van der Waals surface area contributed by atoms with Gasteiger partial charge in [-0.3, -0.25) is 19.2 Å². The summed E-state index contributed by atoms with van der Waals surface area (Å²) in [6.45, 7) is 4.71. The van der Waals surface area contributed by atoms with Gasteiger partial charge in [0.1, 0.15) is 18.1 Å². The molecule has 0 bridgehead atoms. The van der Waals surface area contributed by atoms with Crippen LogP contribution in [0.2, 0.25) is 0 Å². The van der Waals surface area contributed by atoms with Crippen LogP contribution in [0.4, 0.5) is 0 Å². The van der Waals surface area contributed by atoms with Gasteiger partial charge in [0.15, 0.2) is 0 Å². The minimum absolute atomic E-state index is 0.0873. The lowest BCUT2D eigenvalue weighted by molar-refractivity contribution is -0.143. The van der Waals surface area contributed by atoms with Crippen molar-refractivity contribution in [3.63, 3.8) is 0 Å². The minimum atomic E-state index is -1.41. The second-order valence-electron chi connectivity index (χ2n) is 6.58. The molecule has 0 aliphatic rings. The Bertz CT molecular complexity index is 600. The van der Waals surface area contributed by atoms with Crippen molar-refractivity contribution in [1.29, 1.82) is 0 Å². The lowest BCUT2D eigenvalue weighted by Gasteiger charge is -2.25. The second kappa shape index (κ2) is 12.2. The first-order chi connectivity index (χ1) is 12.9. The summed E-state index contributed by atoms with van der Waals surface area (Å²) >= 11 is 3.92. The van der Waals surface area contributed by atoms with Crippen LogP contribution in [0.15, 0.2) is 0 Å². The number of rotatable bonds is 12. The van der Waals surface area contributed by atoms with Crippen molar-refractivity contribution in [3.05, 3.63) is 0 Å². The maximum atomic E-state index is 12.4. The molecule has 11 nitrogen and oxygen atoms in total. The van der Waals surface area contributed by atoms with Gasteiger partial charge in [0, 0.05) is 12.2 Å². The fourth-order valence-electron chi connectivity index (χ4n) is 2.07. The zero-order chi connectivity index (χ0) is 22.0. The SMILES string of the molecule is CC(NC(=O)C(NC(=O)C(N)CS)C(C)C)C(=O)NC(CCC(=O)O)C(=O)O. The number of carbonyl (C=O) groups is 5. The van der Waals surface area contributed by atoms with Crippen molar-refractivity contribution < 1.29 is 34.2 Å². The fourth-order valence-corrected chi connectivity index (χ4v) is 2.23. The number of nitrogens with two attached hydrogens (primary N) is 1. The molecule has 28 heavy (non-hydrogen) atoms. The van der Waals surface area contributed by atoms with Gasteiger partial charge in [-0.25, -0.2) is 4.79 Å². The van der Waals surface area contributed by atoms with Crippen LogP contribution in [-0.4, -0.2) is 69.8 Å². The molecule has 0 aromatic heterocycles. The van der Waals surface area contributed by atoms with Crippen molar-refractivity contribution in [3.8, 4) is 0 Å². The monoisotopic (exact) mass is 420 g/mol. The number of carbonyl (C=O) groups excluding carboxylic acids is 3. The zero-order valence-corrected chi connectivity index (χ0v) is 16.9. The van der Waals surface area contributed by atoms with Gasteiger partial charge in [-0.05, 0) is 19.3 Å². The van der Waals surface area contributed by atoms with Crippen LogP contribution in [-0.2, 0) is 24.0 Å². The molecule has 0 aromatic carbocycles. The van der Waals surface area contributed by atoms with Gasteiger partial charge < -0.3 is 31.9 Å². The maximum absolute atomic E-state index is 12.4. The van der Waals surface area contributed by atoms with Crippen LogP contribution < -0.4 is 21.7 Å². The largest absolute Gasteiger partial charge is 0.481 e. The standard InChI is InChI=1S/C16H28N4O7S/c1-7(2)12(20-14(24)9(17)6-28)15(25)18-8(3)13(23)19-10(16(26)27)4-5-11(21)22/h7-10,12,28H,4-6,17H2,1-3H3,(H,18,25)(H,19,23)(H,20,24)(H,21,22)(H,26,27). The normalized spacial score (nSPS) is 15.1. The Morgan fingerprint density at radius 3 is 1.93 bits per heavy atom. The molecule has 12 heteroatoms. The van der Waals surface area contributed by atoms with Gasteiger partial charge >= 0.3 is 11.9 Å². The summed E-state index contributed by atoms with van der Waals surface area (Å²) in [6, 6.07) is -4.38. The lowest BCUT2D eigenvalue weighted by atomic mass is 10.0. The number of amides is 3. The summed E-state index contributed by atoms with van der Waals surface area (Å²) in [4.78, 5) is 58.2. The highest BCUT2D eigenvalue weighted by Crippen LogP contribution is 2.04. The van der Waals surface area contributed by atoms with Crippen molar-refractivity contribution >= 4 is 42.3 Å². The first-order valence-electron chi connectivity index (χ1n) is 8.62. The number of carboxylic acids is 2. The highest BCUT2D eigenvalue weighted by molar-refractivity contribution is 7.80. The molecule has 4 unspecified atom stereocenters. The van der Waals surface area contributed by atoms with E-state index in [1.807, 2.05) is 0 Å². The third-order valence-corrected chi connectivity index (χ3v) is 4.19. The van der Waals surface area contributed by atoms with E-state index in [0.717, 1.165) is 0 Å². The Kier molecular flexibility index (Phi) is 11.2. The van der Waals surface area contributed by atoms with E-state index in [0.29, 0.717) is 0 Å². The Hall–Kier alpha value is -2.34. The second-order valence-corrected chi connectivity index (χ2v) is 6.95. The van der Waals surface area contributed by atoms with Gasteiger partial charge in [0.25, 0.3) is 0 Å². The van der Waals surface area contributed by atoms with E-state index in [1.54, 1.807) is 13.8 Å². The number of hydrogen-bond acceptors (Lipinski definition) is 7. The third-order valence-electron chi connectivity index (χ3n) is 3.79. The highest BCUT2D eigenvalue weighted by atomic mass is 32.1. The molecule has 160 valence electrons. The molecule has 0 radical (unpaired) electrons. The highest BCUT2D eigenvalue weighted by Gasteiger charge is 2.29. The van der Waals surface area contributed by atoms with Crippen molar-refractivity contribution in [2.45, 2.75) is 57.8 Å². The third kappa shape index (κ3) is 9.04. The van der Waals surface area contributed by atoms with E-state index in [4.69, 9.17) is 15.9 Å². The predicted molar refractivity (Wildman–Crippen MR) is 103 cm³/mol. The number of carboxylic acid groups (broad SMARTS) is 2. The molecule has 0 spiro atoms. The van der Waals surface area contributed by atoms with Gasteiger partial charge in [-0.1, -0.05) is 13.8 Å². The molecule has 0 fully saturated rings. The summed E-state index contributed by atoms with van der Waals surface area (Å²) in [7, 11) is 0. The fraction of sp³-hybridized carbons (Fsp3) is 0.688. The zero-order valence-electron chi connectivity index (χ0n) is 16.0. The molecule has 4 atom stereocenters. The molecule has 3 amide bonds. The summed E-state index contributed by atoms with van der Waals surface area (Å²) in [5.74, 6) is -4.82. The average molecular weight is 420 g/mol. The Morgan fingerprint density at radius 2 is 1.50 bits per heavy atom. The van der Waals surface area contributed by atoms with E-state index in [2.05, 4.69) is 28.6 Å². The Labute approximate surface area is 168 Å². The molecule has 0 saturated heterocycles. The molecule has 0 aliphatic carbocycles. The predicted octanol–water partition coefficient (Wildman–Crippen LogP) is -1.68. The molecular weight excluding hydrogens is 392 g/mol. The molecule has 0 aliphatic heterocycles. The van der Waals surface area contributed by atoms with E-state index in [1.165, 1.54) is 6.92 Å². The van der Waals surface area contributed by atoms with E-state index < -0.39 is 60.2 Å². The van der Waals surface area contributed by atoms with E-state index in [-0.39, 0.29) is 18.1 Å². The first kappa shape index (κ1) is 25.7. The number of thiol groups is 1. The molecule has 0 aromatic rings. The summed E-state index contributed by atoms with van der Waals surface area (Å²) in [5.41, 5.74) is 5.57. The lowest BCUT2D eigenvalue weighted by Crippen LogP contribution is -2.57. The molecule has 7 N–H and O–H groups in total. The summed E-state index contributed by atoms with van der Waals surface area (Å²) < 4.78 is 0. The number of hydrogen-bond donors (Lipinski definition) is 7. The quantitative estimate of drug-likeness (QED) is 0.182. The van der Waals surface area contributed by atoms with Crippen LogP contribution in [0.1, 0.15) is 33.6 Å². The molecular formula is C16H28N4O7S. The van der Waals surface area contributed by atoms with Gasteiger partial charge in [-0.15, -0.1) is 0 Å². The maximum Gasteiger partial charge on any atom is 0.326 e. The van der Waals surface area contributed by atoms with Crippen LogP contribution >= 0.6 is 12.6 Å². The number of nitrogens with one attached hydrogen (secondary N) is 3. The van der Waals surface area contributed by atoms with E-state index in [9.17, 15) is 24.0 Å². The Balaban J connectivity index is 4.93. The average Bonchev–Trinajstić information content (AvgIpc) is 2.60. The Morgan fingerprint density at radius 1 is 0.929 bits per heavy atom. The summed E-state index contributed by atoms with van der Waals surface area (Å²) in [6.07, 6.45) is -0.742. The number of aliphatic carboxylic acids is 2. The van der Waals surface area contributed by atoms with Crippen molar-refractivity contribution in [2.75, 3.05) is 5.75 Å². The van der Waals surface area contributed by atoms with Crippen LogP contribution in [0, 0.1) is 5.92 Å². The van der Waals surface area contributed by atoms with Crippen molar-refractivity contribution in [2.24, 2.45) is 11.7 Å². The summed E-state index contributed by atoms with van der Waals surface area (Å²) in [5, 5.41) is 24.8. The molecule has 0 saturated carbocycles. The smallest absolute Gasteiger partial charge is 0.326 e. The van der Waals surface area contributed by atoms with Gasteiger partial charge in [-0.2, -0.15) is 12.6 Å². The minimum Gasteiger partial charge on any atom is -0.481 e. The molecule has 0 heterocycles. The topological polar surface area (TPSA) is 188 Å². The van der Waals surface area contributed by atoms with E-state index >= 15 is 0 Å². The first-order valence-corrected chi connectivity index (χ1v) is 9.26. The van der Waals surface area contributed by atoms with Crippen LogP contribution in [0.25, 0.3) is 0 Å². The van der Waals surface area contributed by atoms with Crippen molar-refractivity contribution in [1.82, 2.24) is 16.0 Å². The van der Waals surface area contributed by atoms with Gasteiger partial charge in [0.05, 0.1) is 6.04 Å². The van der Waals surface area contributed by atoms with Crippen LogP contribution in [0.5, 0.6) is 0 Å².